The molecule has 0 aromatic heterocycles. The fourth-order valence-corrected chi connectivity index (χ4v) is 1.91. The average molecular weight is 172 g/mol. The van der Waals surface area contributed by atoms with Crippen molar-refractivity contribution in [3.63, 3.8) is 0 Å². The van der Waals surface area contributed by atoms with Gasteiger partial charge >= 0.3 is 0 Å². The first kappa shape index (κ1) is 8.12. The summed E-state index contributed by atoms with van der Waals surface area (Å²) in [6.07, 6.45) is 2.20. The molecule has 2 heteroatoms. The van der Waals surface area contributed by atoms with Crippen LogP contribution in [0.2, 0.25) is 0 Å². The number of benzene rings is 1. The molecule has 1 aliphatic heterocycles. The molecule has 1 aromatic carbocycles. The van der Waals surface area contributed by atoms with Crippen LogP contribution in [0.15, 0.2) is 18.2 Å². The van der Waals surface area contributed by atoms with E-state index in [4.69, 9.17) is 5.26 Å². The Morgan fingerprint density at radius 2 is 2.31 bits per heavy atom. The molecule has 0 unspecified atom stereocenters. The lowest BCUT2D eigenvalue weighted by Crippen LogP contribution is -2.25. The summed E-state index contributed by atoms with van der Waals surface area (Å²) in [6, 6.07) is 8.20. The van der Waals surface area contributed by atoms with Crippen molar-refractivity contribution >= 4 is 5.69 Å². The van der Waals surface area contributed by atoms with E-state index in [-0.39, 0.29) is 0 Å². The molecule has 0 atom stereocenters. The Morgan fingerprint density at radius 1 is 1.46 bits per heavy atom. The standard InChI is InChI=1S/C11H12N2/c1-13-7-3-5-10-9(8-12)4-2-6-11(10)13/h2,4,6H,3,5,7H2,1H3. The number of fused-ring (bicyclic) bond motifs is 1. The van der Waals surface area contributed by atoms with Gasteiger partial charge in [0.25, 0.3) is 0 Å². The fraction of sp³-hybridized carbons (Fsp3) is 0.364. The number of anilines is 1. The number of hydrogen-bond acceptors (Lipinski definition) is 2. The molecule has 13 heavy (non-hydrogen) atoms. The van der Waals surface area contributed by atoms with E-state index in [0.717, 1.165) is 24.9 Å². The van der Waals surface area contributed by atoms with Crippen molar-refractivity contribution in [2.24, 2.45) is 0 Å². The number of nitrogens with zero attached hydrogens (tertiary/aromatic N) is 2. The van der Waals surface area contributed by atoms with Crippen molar-refractivity contribution in [2.75, 3.05) is 18.5 Å². The zero-order chi connectivity index (χ0) is 9.26. The molecule has 0 N–H and O–H groups in total. The van der Waals surface area contributed by atoms with Crippen LogP contribution < -0.4 is 4.90 Å². The minimum atomic E-state index is 0.837. The van der Waals surface area contributed by atoms with E-state index in [1.807, 2.05) is 12.1 Å². The topological polar surface area (TPSA) is 27.0 Å². The van der Waals surface area contributed by atoms with Crippen molar-refractivity contribution in [1.29, 1.82) is 5.26 Å². The average Bonchev–Trinajstić information content (AvgIpc) is 2.18. The zero-order valence-electron chi connectivity index (χ0n) is 7.75. The normalized spacial score (nSPS) is 14.9. The van der Waals surface area contributed by atoms with E-state index in [9.17, 15) is 0 Å². The van der Waals surface area contributed by atoms with Crippen molar-refractivity contribution in [2.45, 2.75) is 12.8 Å². The third kappa shape index (κ3) is 1.27. The monoisotopic (exact) mass is 172 g/mol. The summed E-state index contributed by atoms with van der Waals surface area (Å²) in [5.41, 5.74) is 3.29. The van der Waals surface area contributed by atoms with Crippen molar-refractivity contribution < 1.29 is 0 Å². The molecule has 0 amide bonds. The van der Waals surface area contributed by atoms with Gasteiger partial charge in [-0.25, -0.2) is 0 Å². The zero-order valence-corrected chi connectivity index (χ0v) is 7.75. The number of hydrogen-bond donors (Lipinski definition) is 0. The van der Waals surface area contributed by atoms with Gasteiger partial charge in [-0.3, -0.25) is 0 Å². The van der Waals surface area contributed by atoms with Gasteiger partial charge in [-0.1, -0.05) is 6.07 Å². The minimum absolute atomic E-state index is 0.837. The van der Waals surface area contributed by atoms with Gasteiger partial charge in [-0.2, -0.15) is 5.26 Å². The Kier molecular flexibility index (Phi) is 1.94. The molecule has 1 aromatic rings. The maximum Gasteiger partial charge on any atom is 0.0995 e. The fourth-order valence-electron chi connectivity index (χ4n) is 1.91. The summed E-state index contributed by atoms with van der Waals surface area (Å²) in [4.78, 5) is 2.22. The summed E-state index contributed by atoms with van der Waals surface area (Å²) in [5.74, 6) is 0. The molecule has 0 radical (unpaired) electrons. The second kappa shape index (κ2) is 3.10. The third-order valence-corrected chi connectivity index (χ3v) is 2.60. The first-order valence-corrected chi connectivity index (χ1v) is 4.56. The van der Waals surface area contributed by atoms with Crippen LogP contribution in [-0.4, -0.2) is 13.6 Å². The minimum Gasteiger partial charge on any atom is -0.374 e. The van der Waals surface area contributed by atoms with Gasteiger partial charge in [-0.15, -0.1) is 0 Å². The van der Waals surface area contributed by atoms with Gasteiger partial charge in [0.2, 0.25) is 0 Å². The van der Waals surface area contributed by atoms with E-state index in [2.05, 4.69) is 24.1 Å². The van der Waals surface area contributed by atoms with Crippen molar-refractivity contribution in [1.82, 2.24) is 0 Å². The largest absolute Gasteiger partial charge is 0.374 e. The van der Waals surface area contributed by atoms with Crippen LogP contribution in [0.5, 0.6) is 0 Å². The van der Waals surface area contributed by atoms with Gasteiger partial charge in [0.1, 0.15) is 0 Å². The molecular weight excluding hydrogens is 160 g/mol. The highest BCUT2D eigenvalue weighted by Gasteiger charge is 2.15. The second-order valence-electron chi connectivity index (χ2n) is 3.44. The van der Waals surface area contributed by atoms with E-state index in [0.29, 0.717) is 0 Å². The molecule has 2 rings (SSSR count). The molecule has 66 valence electrons. The van der Waals surface area contributed by atoms with Gasteiger partial charge < -0.3 is 4.90 Å². The highest BCUT2D eigenvalue weighted by Crippen LogP contribution is 2.27. The lowest BCUT2D eigenvalue weighted by atomic mass is 9.97. The molecule has 0 fully saturated rings. The van der Waals surface area contributed by atoms with Crippen molar-refractivity contribution in [3.05, 3.63) is 29.3 Å². The smallest absolute Gasteiger partial charge is 0.0995 e. The maximum absolute atomic E-state index is 8.91. The summed E-state index contributed by atoms with van der Waals surface area (Å²) >= 11 is 0. The van der Waals surface area contributed by atoms with Crippen LogP contribution in [0.1, 0.15) is 17.5 Å². The highest BCUT2D eigenvalue weighted by atomic mass is 15.1. The van der Waals surface area contributed by atoms with Crippen molar-refractivity contribution in [3.8, 4) is 6.07 Å². The third-order valence-electron chi connectivity index (χ3n) is 2.60. The van der Waals surface area contributed by atoms with E-state index in [1.165, 1.54) is 11.3 Å². The lowest BCUT2D eigenvalue weighted by molar-refractivity contribution is 0.743. The summed E-state index contributed by atoms with van der Waals surface area (Å²) < 4.78 is 0. The predicted molar refractivity (Wildman–Crippen MR) is 52.7 cm³/mol. The van der Waals surface area contributed by atoms with Gasteiger partial charge in [-0.05, 0) is 30.5 Å². The SMILES string of the molecule is CN1CCCc2c(C#N)cccc21. The summed E-state index contributed by atoms with van der Waals surface area (Å²) in [5, 5.41) is 8.91. The Morgan fingerprint density at radius 3 is 3.08 bits per heavy atom. The van der Waals surface area contributed by atoms with Gasteiger partial charge in [0.05, 0.1) is 11.6 Å². The maximum atomic E-state index is 8.91. The van der Waals surface area contributed by atoms with Crippen LogP contribution in [-0.2, 0) is 6.42 Å². The van der Waals surface area contributed by atoms with E-state index >= 15 is 0 Å². The summed E-state index contributed by atoms with van der Waals surface area (Å²) in [7, 11) is 2.08. The lowest BCUT2D eigenvalue weighted by Gasteiger charge is -2.27. The second-order valence-corrected chi connectivity index (χ2v) is 3.44. The quantitative estimate of drug-likeness (QED) is 0.598. The molecular formula is C11H12N2. The van der Waals surface area contributed by atoms with Crippen LogP contribution in [0.3, 0.4) is 0 Å². The molecule has 2 nitrogen and oxygen atoms in total. The summed E-state index contributed by atoms with van der Waals surface area (Å²) in [6.45, 7) is 1.10. The first-order valence-electron chi connectivity index (χ1n) is 4.56. The van der Waals surface area contributed by atoms with Gasteiger partial charge in [0, 0.05) is 19.3 Å². The van der Waals surface area contributed by atoms with E-state index in [1.54, 1.807) is 0 Å². The predicted octanol–water partition coefficient (Wildman–Crippen LogP) is 1.94. The molecule has 0 saturated carbocycles. The molecule has 0 saturated heterocycles. The van der Waals surface area contributed by atoms with E-state index < -0.39 is 0 Å². The number of rotatable bonds is 0. The molecule has 1 aliphatic rings. The molecule has 1 heterocycles. The Hall–Kier alpha value is -1.49. The van der Waals surface area contributed by atoms with Gasteiger partial charge in [0.15, 0.2) is 0 Å². The van der Waals surface area contributed by atoms with Crippen LogP contribution >= 0.6 is 0 Å². The van der Waals surface area contributed by atoms with Crippen LogP contribution in [0, 0.1) is 11.3 Å². The Labute approximate surface area is 78.4 Å². The first-order chi connectivity index (χ1) is 6.33. The molecule has 0 bridgehead atoms. The highest BCUT2D eigenvalue weighted by molar-refractivity contribution is 5.60. The van der Waals surface area contributed by atoms with Crippen LogP contribution in [0.4, 0.5) is 5.69 Å². The molecule has 0 aliphatic carbocycles. The van der Waals surface area contributed by atoms with Crippen LogP contribution in [0.25, 0.3) is 0 Å². The number of nitriles is 1. The Bertz CT molecular complexity index is 363. The Balaban J connectivity index is 2.56. The molecule has 0 spiro atoms.